The molecule has 0 bridgehead atoms. The number of carbonyl (C=O) groups is 2. The summed E-state index contributed by atoms with van der Waals surface area (Å²) < 4.78 is 37.3. The summed E-state index contributed by atoms with van der Waals surface area (Å²) in [5, 5.41) is 15.2. The number of aliphatic hydroxyl groups is 1. The van der Waals surface area contributed by atoms with Gasteiger partial charge in [0.05, 0.1) is 71.1 Å². The first kappa shape index (κ1) is 47.3. The Hall–Kier alpha value is -5.80. The van der Waals surface area contributed by atoms with Crippen molar-refractivity contribution in [1.82, 2.24) is 39.0 Å². The van der Waals surface area contributed by atoms with Crippen LogP contribution in [0.15, 0.2) is 86.0 Å². The van der Waals surface area contributed by atoms with Gasteiger partial charge in [0.25, 0.3) is 11.8 Å². The van der Waals surface area contributed by atoms with Gasteiger partial charge in [-0.05, 0) is 43.5 Å². The molecule has 0 aliphatic rings. The summed E-state index contributed by atoms with van der Waals surface area (Å²) in [6, 6.07) is 17.8. The van der Waals surface area contributed by atoms with E-state index in [9.17, 15) is 14.7 Å². The average molecular weight is 857 g/mol. The molecule has 332 valence electrons. The highest BCUT2D eigenvalue weighted by Gasteiger charge is 2.24. The van der Waals surface area contributed by atoms with E-state index in [1.807, 2.05) is 35.8 Å². The van der Waals surface area contributed by atoms with Gasteiger partial charge in [-0.3, -0.25) is 18.7 Å². The summed E-state index contributed by atoms with van der Waals surface area (Å²) in [4.78, 5) is 51.0. The van der Waals surface area contributed by atoms with Crippen molar-refractivity contribution in [2.45, 2.75) is 64.7 Å². The monoisotopic (exact) mass is 856 g/mol. The van der Waals surface area contributed by atoms with Crippen LogP contribution in [0.25, 0.3) is 22.3 Å². The van der Waals surface area contributed by atoms with E-state index in [4.69, 9.17) is 28.4 Å². The summed E-state index contributed by atoms with van der Waals surface area (Å²) in [6.45, 7) is 8.31. The first-order chi connectivity index (χ1) is 30.3. The Kier molecular flexibility index (Phi) is 19.2. The number of fused-ring (bicyclic) bond motifs is 2. The molecule has 62 heavy (non-hydrogen) atoms. The lowest BCUT2D eigenvalue weighted by atomic mass is 10.2. The van der Waals surface area contributed by atoms with E-state index in [1.54, 1.807) is 67.8 Å². The number of nitrogens with zero attached hydrogens (tertiary/aromatic N) is 8. The number of rotatable bonds is 24. The summed E-state index contributed by atoms with van der Waals surface area (Å²) in [7, 11) is 3.23. The highest BCUT2D eigenvalue weighted by molar-refractivity contribution is 6.07. The van der Waals surface area contributed by atoms with Gasteiger partial charge in [0.15, 0.2) is 46.4 Å². The molecule has 0 aliphatic heterocycles. The number of benzene rings is 2. The minimum Gasteiger partial charge on any atom is -0.394 e. The first-order valence-electron chi connectivity index (χ1n) is 20.5. The molecule has 2 aromatic carbocycles. The molecular formula is C43H56N10O9. The van der Waals surface area contributed by atoms with Crippen LogP contribution in [0.3, 0.4) is 0 Å². The van der Waals surface area contributed by atoms with Gasteiger partial charge in [-0.15, -0.1) is 0 Å². The molecule has 0 saturated carbocycles. The number of ether oxygens (including phenoxy) is 6. The molecule has 4 aromatic heterocycles. The number of amides is 2. The molecule has 19 nitrogen and oxygen atoms in total. The predicted molar refractivity (Wildman–Crippen MR) is 231 cm³/mol. The average Bonchev–Trinajstić information content (AvgIpc) is 3.96. The lowest BCUT2D eigenvalue weighted by molar-refractivity contribution is -0.111. The molecule has 0 spiro atoms. The minimum absolute atomic E-state index is 0.0765. The highest BCUT2D eigenvalue weighted by atomic mass is 16.6. The van der Waals surface area contributed by atoms with Crippen LogP contribution in [0, 0.1) is 0 Å². The van der Waals surface area contributed by atoms with Gasteiger partial charge in [0.1, 0.15) is 12.7 Å². The normalized spacial score (nSPS) is 12.8. The standard InChI is InChI=1S/C22H29N5O4.C21H27N5O5/c1-4-17(5-2)31-18(13-30-12-11-29-3)27-15-25-19-20(23-14-24-21(19)27)26-22(28)16-9-7-6-8-10-16;1-3-16(11-27)31-17(12-30-10-9-29-2)26-14-24-18-19(22-13-23-20(18)26)25-21(28)15-7-5-4-6-8-15/h6-10,14-15,17-18H,4-5,11-13H2,1-3H3,(H,23,24,26,28);4-8,13-14,16-17,27H,3,9-12H2,1-2H3,(H,22,23,25,28)/t18-;16-,17-/m11/s1. The molecule has 0 unspecified atom stereocenters. The van der Waals surface area contributed by atoms with E-state index < -0.39 is 12.5 Å². The quantitative estimate of drug-likeness (QED) is 0.0643. The van der Waals surface area contributed by atoms with Crippen molar-refractivity contribution in [3.05, 3.63) is 97.1 Å². The van der Waals surface area contributed by atoms with Gasteiger partial charge in [0, 0.05) is 25.3 Å². The SMILES string of the molecule is CCC(CC)O[C@H](COCCOC)n1cnc2c(NC(=O)c3ccccc3)ncnc21.CC[C@H](CO)O[C@H](COCCOC)n1cnc2c(NC(=O)c3ccccc3)ncnc21. The topological polar surface area (TPSA) is 221 Å². The lowest BCUT2D eigenvalue weighted by Gasteiger charge is -2.24. The zero-order valence-electron chi connectivity index (χ0n) is 35.8. The maximum Gasteiger partial charge on any atom is 0.256 e. The zero-order valence-corrected chi connectivity index (χ0v) is 35.8. The number of aromatic nitrogens is 8. The first-order valence-corrected chi connectivity index (χ1v) is 20.5. The minimum atomic E-state index is -0.577. The van der Waals surface area contributed by atoms with E-state index in [2.05, 4.69) is 54.4 Å². The number of aliphatic hydroxyl groups excluding tert-OH is 1. The number of hydrogen-bond donors (Lipinski definition) is 3. The highest BCUT2D eigenvalue weighted by Crippen LogP contribution is 2.26. The number of hydrogen-bond acceptors (Lipinski definition) is 15. The Morgan fingerprint density at radius 1 is 0.597 bits per heavy atom. The van der Waals surface area contributed by atoms with Crippen LogP contribution in [0.2, 0.25) is 0 Å². The van der Waals surface area contributed by atoms with Crippen molar-refractivity contribution in [2.24, 2.45) is 0 Å². The third-order valence-corrected chi connectivity index (χ3v) is 9.53. The zero-order chi connectivity index (χ0) is 44.1. The Morgan fingerprint density at radius 2 is 1.02 bits per heavy atom. The molecule has 2 amide bonds. The molecule has 4 heterocycles. The third-order valence-electron chi connectivity index (χ3n) is 9.53. The second kappa shape index (κ2) is 25.2. The molecule has 0 fully saturated rings. The molecule has 6 rings (SSSR count). The van der Waals surface area contributed by atoms with E-state index >= 15 is 0 Å². The third kappa shape index (κ3) is 13.1. The molecule has 19 heteroatoms. The maximum atomic E-state index is 12.6. The lowest BCUT2D eigenvalue weighted by Crippen LogP contribution is -2.27. The van der Waals surface area contributed by atoms with Crippen molar-refractivity contribution >= 4 is 45.8 Å². The smallest absolute Gasteiger partial charge is 0.256 e. The fourth-order valence-corrected chi connectivity index (χ4v) is 6.06. The van der Waals surface area contributed by atoms with Crippen LogP contribution in [0.1, 0.15) is 73.2 Å². The number of nitrogens with one attached hydrogen (secondary N) is 2. The predicted octanol–water partition coefficient (Wildman–Crippen LogP) is 5.47. The second-order valence-corrected chi connectivity index (χ2v) is 13.7. The fraction of sp³-hybridized carbons (Fsp3) is 0.442. The molecule has 3 atom stereocenters. The molecule has 6 aromatic rings. The number of carbonyl (C=O) groups excluding carboxylic acids is 2. The summed E-state index contributed by atoms with van der Waals surface area (Å²) in [5.41, 5.74) is 3.00. The van der Waals surface area contributed by atoms with Gasteiger partial charge >= 0.3 is 0 Å². The Balaban J connectivity index is 0.000000234. The molecule has 0 aliphatic carbocycles. The maximum absolute atomic E-state index is 12.6. The van der Waals surface area contributed by atoms with Crippen LogP contribution in [-0.4, -0.2) is 129 Å². The van der Waals surface area contributed by atoms with Crippen LogP contribution in [0.4, 0.5) is 11.6 Å². The van der Waals surface area contributed by atoms with Gasteiger partial charge in [-0.1, -0.05) is 57.2 Å². The Morgan fingerprint density at radius 3 is 1.40 bits per heavy atom. The summed E-state index contributed by atoms with van der Waals surface area (Å²) >= 11 is 0. The fourth-order valence-electron chi connectivity index (χ4n) is 6.06. The van der Waals surface area contributed by atoms with Gasteiger partial charge in [0.2, 0.25) is 0 Å². The van der Waals surface area contributed by atoms with Crippen LogP contribution < -0.4 is 10.6 Å². The van der Waals surface area contributed by atoms with E-state index in [-0.39, 0.29) is 37.2 Å². The van der Waals surface area contributed by atoms with Crippen molar-refractivity contribution in [3.8, 4) is 0 Å². The number of methoxy groups -OCH3 is 2. The summed E-state index contributed by atoms with van der Waals surface area (Å²) in [5.74, 6) is 0.0881. The van der Waals surface area contributed by atoms with Gasteiger partial charge < -0.3 is 44.2 Å². The summed E-state index contributed by atoms with van der Waals surface area (Å²) in [6.07, 6.45) is 7.07. The van der Waals surface area contributed by atoms with E-state index in [0.717, 1.165) is 12.8 Å². The van der Waals surface area contributed by atoms with Crippen LogP contribution >= 0.6 is 0 Å². The van der Waals surface area contributed by atoms with E-state index in [0.29, 0.717) is 84.5 Å². The van der Waals surface area contributed by atoms with Crippen molar-refractivity contribution in [3.63, 3.8) is 0 Å². The Labute approximate surface area is 360 Å². The Bertz CT molecular complexity index is 2080. The van der Waals surface area contributed by atoms with Crippen molar-refractivity contribution < 1.29 is 43.1 Å². The van der Waals surface area contributed by atoms with Crippen LogP contribution in [0.5, 0.6) is 0 Å². The number of imidazole rings is 2. The molecular weight excluding hydrogens is 801 g/mol. The largest absolute Gasteiger partial charge is 0.394 e. The van der Waals surface area contributed by atoms with Crippen LogP contribution in [-0.2, 0) is 28.4 Å². The van der Waals surface area contributed by atoms with Crippen molar-refractivity contribution in [2.75, 3.05) is 71.1 Å². The van der Waals surface area contributed by atoms with Gasteiger partial charge in [-0.25, -0.2) is 29.9 Å². The number of anilines is 2. The second-order valence-electron chi connectivity index (χ2n) is 13.7. The molecule has 3 N–H and O–H groups in total. The van der Waals surface area contributed by atoms with Gasteiger partial charge in [-0.2, -0.15) is 0 Å². The molecule has 0 radical (unpaired) electrons. The van der Waals surface area contributed by atoms with Crippen molar-refractivity contribution in [1.29, 1.82) is 0 Å². The molecule has 0 saturated heterocycles. The van der Waals surface area contributed by atoms with E-state index in [1.165, 1.54) is 12.7 Å².